The van der Waals surface area contributed by atoms with Crippen LogP contribution in [0.1, 0.15) is 51.6 Å². The zero-order valence-corrected chi connectivity index (χ0v) is 21.1. The van der Waals surface area contributed by atoms with Crippen LogP contribution in [-0.4, -0.2) is 59.1 Å². The number of carbonyl (C=O) groups is 4. The summed E-state index contributed by atoms with van der Waals surface area (Å²) in [7, 11) is 0. The largest absolute Gasteiger partial charge is 0.475 e. The van der Waals surface area contributed by atoms with Crippen molar-refractivity contribution in [2.75, 3.05) is 24.5 Å². The second-order valence-electron chi connectivity index (χ2n) is 8.62. The fraction of sp³-hybridized carbons (Fsp3) is 0.320. The lowest BCUT2D eigenvalue weighted by atomic mass is 10.1. The Bertz CT molecular complexity index is 1310. The lowest BCUT2D eigenvalue weighted by Gasteiger charge is -2.22. The second-order valence-corrected chi connectivity index (χ2v) is 10.4. The molecule has 2 aliphatic rings. The summed E-state index contributed by atoms with van der Waals surface area (Å²) in [5, 5.41) is 6.79. The number of anilines is 1. The normalized spacial score (nSPS) is 18.6. The molecule has 0 radical (unpaired) electrons. The highest BCUT2D eigenvalue weighted by Gasteiger charge is 2.36. The van der Waals surface area contributed by atoms with E-state index in [0.29, 0.717) is 46.5 Å². The quantitative estimate of drug-likeness (QED) is 0.508. The summed E-state index contributed by atoms with van der Waals surface area (Å²) in [5.41, 5.74) is 0.946. The fourth-order valence-corrected chi connectivity index (χ4v) is 5.92. The Labute approximate surface area is 215 Å². The van der Waals surface area contributed by atoms with Gasteiger partial charge in [0, 0.05) is 44.4 Å². The zero-order chi connectivity index (χ0) is 25.2. The fourth-order valence-electron chi connectivity index (χ4n) is 4.38. The molecule has 1 N–H and O–H groups in total. The van der Waals surface area contributed by atoms with E-state index in [1.165, 1.54) is 34.5 Å². The Morgan fingerprint density at radius 3 is 2.78 bits per heavy atom. The molecule has 3 amide bonds. The van der Waals surface area contributed by atoms with Gasteiger partial charge < -0.3 is 15.0 Å². The van der Waals surface area contributed by atoms with E-state index < -0.39 is 6.10 Å². The first-order valence-electron chi connectivity index (χ1n) is 11.6. The molecule has 4 heterocycles. The van der Waals surface area contributed by atoms with E-state index >= 15 is 0 Å². The van der Waals surface area contributed by atoms with Crippen molar-refractivity contribution in [1.82, 2.24) is 15.2 Å². The Hall–Kier alpha value is -3.57. The maximum Gasteiger partial charge on any atom is 0.270 e. The molecule has 2 unspecified atom stereocenters. The van der Waals surface area contributed by atoms with Gasteiger partial charge in [-0.05, 0) is 30.0 Å². The Morgan fingerprint density at radius 2 is 2.03 bits per heavy atom. The Kier molecular flexibility index (Phi) is 6.84. The van der Waals surface area contributed by atoms with E-state index in [0.717, 1.165) is 0 Å². The van der Waals surface area contributed by atoms with Crippen LogP contribution in [0.2, 0.25) is 0 Å². The van der Waals surface area contributed by atoms with Crippen molar-refractivity contribution in [2.45, 2.75) is 31.9 Å². The van der Waals surface area contributed by atoms with Gasteiger partial charge in [0.2, 0.25) is 23.7 Å². The van der Waals surface area contributed by atoms with Crippen LogP contribution in [0.25, 0.3) is 0 Å². The molecule has 1 fully saturated rings. The minimum Gasteiger partial charge on any atom is -0.475 e. The number of para-hydroxylation sites is 1. The van der Waals surface area contributed by atoms with Gasteiger partial charge in [-0.3, -0.25) is 24.1 Å². The number of likely N-dealkylation sites (tertiary alicyclic amines) is 1. The summed E-state index contributed by atoms with van der Waals surface area (Å²) in [6.07, 6.45) is -0.0389. The SMILES string of the molecule is CC(=O)NC1CCN(C(=O)CCN(C(=O)c2cccs2)c2nc(C3Oc4ccccc4C3=O)cs2)C1. The number of amides is 3. The van der Waals surface area contributed by atoms with Crippen molar-refractivity contribution in [2.24, 2.45) is 0 Å². The molecule has 2 aliphatic heterocycles. The first-order valence-corrected chi connectivity index (χ1v) is 13.3. The number of fused-ring (bicyclic) bond motifs is 1. The topological polar surface area (TPSA) is 109 Å². The second kappa shape index (κ2) is 10.2. The van der Waals surface area contributed by atoms with Crippen LogP contribution in [-0.2, 0) is 9.59 Å². The molecule has 2 atom stereocenters. The van der Waals surface area contributed by atoms with Crippen molar-refractivity contribution in [3.8, 4) is 5.75 Å². The van der Waals surface area contributed by atoms with Crippen LogP contribution >= 0.6 is 22.7 Å². The maximum atomic E-state index is 13.3. The van der Waals surface area contributed by atoms with Gasteiger partial charge >= 0.3 is 0 Å². The summed E-state index contributed by atoms with van der Waals surface area (Å²) in [5.74, 6) is -0.111. The lowest BCUT2D eigenvalue weighted by Crippen LogP contribution is -2.39. The van der Waals surface area contributed by atoms with Crippen molar-refractivity contribution in [1.29, 1.82) is 0 Å². The first kappa shape index (κ1) is 24.1. The third kappa shape index (κ3) is 4.89. The number of aromatic nitrogens is 1. The number of thiazole rings is 1. The summed E-state index contributed by atoms with van der Waals surface area (Å²) in [6, 6.07) is 10.5. The molecule has 9 nitrogen and oxygen atoms in total. The van der Waals surface area contributed by atoms with Gasteiger partial charge in [-0.25, -0.2) is 4.98 Å². The van der Waals surface area contributed by atoms with Gasteiger partial charge in [0.25, 0.3) is 5.91 Å². The number of hydrogen-bond donors (Lipinski definition) is 1. The van der Waals surface area contributed by atoms with Crippen LogP contribution in [0.5, 0.6) is 5.75 Å². The van der Waals surface area contributed by atoms with Crippen LogP contribution in [0.4, 0.5) is 5.13 Å². The van der Waals surface area contributed by atoms with E-state index in [9.17, 15) is 19.2 Å². The van der Waals surface area contributed by atoms with Crippen molar-refractivity contribution in [3.05, 3.63) is 63.3 Å². The monoisotopic (exact) mass is 524 g/mol. The van der Waals surface area contributed by atoms with Gasteiger partial charge in [-0.1, -0.05) is 18.2 Å². The average molecular weight is 525 g/mol. The lowest BCUT2D eigenvalue weighted by molar-refractivity contribution is -0.130. The third-order valence-electron chi connectivity index (χ3n) is 6.12. The summed E-state index contributed by atoms with van der Waals surface area (Å²) in [4.78, 5) is 58.7. The number of nitrogens with one attached hydrogen (secondary N) is 1. The molecular weight excluding hydrogens is 500 g/mol. The third-order valence-corrected chi connectivity index (χ3v) is 7.86. The van der Waals surface area contributed by atoms with Gasteiger partial charge in [-0.15, -0.1) is 22.7 Å². The molecule has 1 aromatic carbocycles. The summed E-state index contributed by atoms with van der Waals surface area (Å²) in [6.45, 7) is 2.62. The van der Waals surface area contributed by atoms with Crippen LogP contribution in [0, 0.1) is 0 Å². The molecule has 0 spiro atoms. The first-order chi connectivity index (χ1) is 17.4. The predicted molar refractivity (Wildman–Crippen MR) is 136 cm³/mol. The number of benzene rings is 1. The van der Waals surface area contributed by atoms with Gasteiger partial charge in [-0.2, -0.15) is 0 Å². The highest BCUT2D eigenvalue weighted by atomic mass is 32.1. The smallest absolute Gasteiger partial charge is 0.270 e. The van der Waals surface area contributed by atoms with Crippen LogP contribution < -0.4 is 15.0 Å². The standard InChI is InChI=1S/C25H24N4O5S2/c1-15(30)26-16-8-10-28(13-16)21(31)9-11-29(24(33)20-7-4-12-35-20)25-27-18(14-36-25)23-22(32)17-5-2-3-6-19(17)34-23/h2-7,12,14,16,23H,8-11,13H2,1H3,(H,26,30). The molecule has 0 aliphatic carbocycles. The molecule has 186 valence electrons. The van der Waals surface area contributed by atoms with E-state index in [1.54, 1.807) is 46.7 Å². The average Bonchev–Trinajstić information content (AvgIpc) is 3.66. The number of hydrogen-bond acceptors (Lipinski definition) is 8. The van der Waals surface area contributed by atoms with Gasteiger partial charge in [0.15, 0.2) is 5.13 Å². The number of ketones is 1. The van der Waals surface area contributed by atoms with Gasteiger partial charge in [0.1, 0.15) is 11.4 Å². The van der Waals surface area contributed by atoms with Crippen LogP contribution in [0.3, 0.4) is 0 Å². The molecule has 2 aromatic heterocycles. The van der Waals surface area contributed by atoms with E-state index in [-0.39, 0.29) is 42.5 Å². The van der Waals surface area contributed by atoms with E-state index in [1.807, 2.05) is 5.38 Å². The molecular formula is C25H24N4O5S2. The highest BCUT2D eigenvalue weighted by Crippen LogP contribution is 2.38. The Morgan fingerprint density at radius 1 is 1.19 bits per heavy atom. The minimum atomic E-state index is -0.858. The molecule has 0 saturated carbocycles. The molecule has 1 saturated heterocycles. The summed E-state index contributed by atoms with van der Waals surface area (Å²) >= 11 is 2.55. The zero-order valence-electron chi connectivity index (χ0n) is 19.5. The summed E-state index contributed by atoms with van der Waals surface area (Å²) < 4.78 is 5.84. The minimum absolute atomic E-state index is 0.0510. The molecule has 3 aromatic rings. The number of nitrogens with zero attached hydrogens (tertiary/aromatic N) is 3. The number of thiophene rings is 1. The predicted octanol–water partition coefficient (Wildman–Crippen LogP) is 3.29. The molecule has 0 bridgehead atoms. The number of ether oxygens (including phenoxy) is 1. The highest BCUT2D eigenvalue weighted by molar-refractivity contribution is 7.14. The van der Waals surface area contributed by atoms with Crippen molar-refractivity contribution >= 4 is 51.3 Å². The molecule has 36 heavy (non-hydrogen) atoms. The molecule has 5 rings (SSSR count). The van der Waals surface area contributed by atoms with Gasteiger partial charge in [0.05, 0.1) is 10.4 Å². The Balaban J connectivity index is 1.31. The van der Waals surface area contributed by atoms with Crippen molar-refractivity contribution in [3.63, 3.8) is 0 Å². The number of rotatable bonds is 7. The van der Waals surface area contributed by atoms with E-state index in [4.69, 9.17) is 4.74 Å². The van der Waals surface area contributed by atoms with Crippen LogP contribution in [0.15, 0.2) is 47.2 Å². The molecule has 11 heteroatoms. The van der Waals surface area contributed by atoms with Crippen molar-refractivity contribution < 1.29 is 23.9 Å². The number of carbonyl (C=O) groups excluding carboxylic acids is 4. The van der Waals surface area contributed by atoms with E-state index in [2.05, 4.69) is 10.3 Å². The maximum absolute atomic E-state index is 13.3. The number of Topliss-reactive ketones (excluding diaryl/α,β-unsaturated/α-hetero) is 1.